The SMILES string of the molecule is CCC(CC)(P(C)C)P(C)C. The lowest BCUT2D eigenvalue weighted by Crippen LogP contribution is -2.21. The summed E-state index contributed by atoms with van der Waals surface area (Å²) in [5.41, 5.74) is 0. The molecule has 0 atom stereocenters. The van der Waals surface area contributed by atoms with Crippen molar-refractivity contribution in [2.24, 2.45) is 0 Å². The van der Waals surface area contributed by atoms with Crippen LogP contribution in [0.15, 0.2) is 0 Å². The highest BCUT2D eigenvalue weighted by atomic mass is 31.2. The Kier molecular flexibility index (Phi) is 5.16. The molecule has 2 heteroatoms. The molecule has 0 aliphatic rings. The van der Waals surface area contributed by atoms with Gasteiger partial charge in [-0.1, -0.05) is 13.8 Å². The van der Waals surface area contributed by atoms with E-state index in [9.17, 15) is 0 Å². The molecule has 0 radical (unpaired) electrons. The first-order valence-corrected chi connectivity index (χ1v) is 8.83. The van der Waals surface area contributed by atoms with Crippen LogP contribution in [0, 0.1) is 0 Å². The molecule has 0 heterocycles. The van der Waals surface area contributed by atoms with E-state index in [2.05, 4.69) is 40.5 Å². The van der Waals surface area contributed by atoms with E-state index in [1.54, 1.807) is 0 Å². The van der Waals surface area contributed by atoms with E-state index in [-0.39, 0.29) is 15.8 Å². The predicted molar refractivity (Wildman–Crippen MR) is 60.8 cm³/mol. The Morgan fingerprint density at radius 3 is 1.09 bits per heavy atom. The molecule has 0 aromatic heterocycles. The van der Waals surface area contributed by atoms with E-state index in [0.29, 0.717) is 4.90 Å². The van der Waals surface area contributed by atoms with Crippen LogP contribution in [-0.2, 0) is 0 Å². The second-order valence-electron chi connectivity index (χ2n) is 3.48. The van der Waals surface area contributed by atoms with Gasteiger partial charge in [-0.15, -0.1) is 15.8 Å². The zero-order valence-electron chi connectivity index (χ0n) is 8.81. The van der Waals surface area contributed by atoms with Gasteiger partial charge < -0.3 is 0 Å². The average molecular weight is 192 g/mol. The molecule has 68 valence electrons. The molecule has 0 fully saturated rings. The Bertz CT molecular complexity index is 94.1. The van der Waals surface area contributed by atoms with Gasteiger partial charge in [0.15, 0.2) is 0 Å². The van der Waals surface area contributed by atoms with Crippen molar-refractivity contribution in [1.82, 2.24) is 0 Å². The summed E-state index contributed by atoms with van der Waals surface area (Å²) in [5, 5.41) is 0. The normalized spacial score (nSPS) is 13.1. The minimum absolute atomic E-state index is 0.241. The lowest BCUT2D eigenvalue weighted by Gasteiger charge is -2.40. The number of rotatable bonds is 4. The first-order chi connectivity index (χ1) is 5.01. The van der Waals surface area contributed by atoms with Crippen molar-refractivity contribution in [1.29, 1.82) is 0 Å². The van der Waals surface area contributed by atoms with Crippen molar-refractivity contribution >= 4 is 15.8 Å². The maximum Gasteiger partial charge on any atom is 0.00909 e. The third kappa shape index (κ3) is 2.40. The molecule has 0 bridgehead atoms. The largest absolute Gasteiger partial charge is 0.102 e. The minimum Gasteiger partial charge on any atom is -0.102 e. The molecule has 0 aliphatic carbocycles. The quantitative estimate of drug-likeness (QED) is 0.591. The maximum atomic E-state index is 2.44. The highest BCUT2D eigenvalue weighted by Gasteiger charge is 2.32. The average Bonchev–Trinajstić information content (AvgIpc) is 1.90. The summed E-state index contributed by atoms with van der Waals surface area (Å²) in [6.07, 6.45) is 2.75. The van der Waals surface area contributed by atoms with Gasteiger partial charge in [-0.05, 0) is 39.5 Å². The van der Waals surface area contributed by atoms with Crippen LogP contribution in [0.2, 0.25) is 0 Å². The van der Waals surface area contributed by atoms with Gasteiger partial charge in [-0.2, -0.15) is 0 Å². The molecule has 0 unspecified atom stereocenters. The summed E-state index contributed by atoms with van der Waals surface area (Å²) in [6.45, 7) is 14.5. The van der Waals surface area contributed by atoms with Crippen molar-refractivity contribution < 1.29 is 0 Å². The Balaban J connectivity index is 4.46. The van der Waals surface area contributed by atoms with Crippen LogP contribution in [0.25, 0.3) is 0 Å². The summed E-state index contributed by atoms with van der Waals surface area (Å²) < 4.78 is 0. The Morgan fingerprint density at radius 2 is 1.09 bits per heavy atom. The van der Waals surface area contributed by atoms with E-state index < -0.39 is 0 Å². The lowest BCUT2D eigenvalue weighted by atomic mass is 10.2. The monoisotopic (exact) mass is 192 g/mol. The van der Waals surface area contributed by atoms with Crippen LogP contribution in [0.4, 0.5) is 0 Å². The van der Waals surface area contributed by atoms with Gasteiger partial charge in [0.05, 0.1) is 0 Å². The summed E-state index contributed by atoms with van der Waals surface area (Å²) in [7, 11) is 0.482. The number of hydrogen-bond donors (Lipinski definition) is 0. The first kappa shape index (κ1) is 11.9. The molecule has 0 nitrogen and oxygen atoms in total. The molecule has 0 spiro atoms. The smallest absolute Gasteiger partial charge is 0.00909 e. The highest BCUT2D eigenvalue weighted by molar-refractivity contribution is 7.75. The second-order valence-corrected chi connectivity index (χ2v) is 9.12. The molecule has 0 aromatic rings. The second kappa shape index (κ2) is 4.78. The molecule has 0 saturated carbocycles. The van der Waals surface area contributed by atoms with Gasteiger partial charge in [0.2, 0.25) is 0 Å². The van der Waals surface area contributed by atoms with Crippen LogP contribution in [0.5, 0.6) is 0 Å². The van der Waals surface area contributed by atoms with Crippen LogP contribution in [0.3, 0.4) is 0 Å². The third-order valence-corrected chi connectivity index (χ3v) is 9.79. The van der Waals surface area contributed by atoms with Gasteiger partial charge in [0, 0.05) is 4.90 Å². The van der Waals surface area contributed by atoms with Gasteiger partial charge in [-0.3, -0.25) is 0 Å². The van der Waals surface area contributed by atoms with Crippen molar-refractivity contribution in [2.45, 2.75) is 31.6 Å². The van der Waals surface area contributed by atoms with Crippen molar-refractivity contribution in [3.8, 4) is 0 Å². The summed E-state index contributed by atoms with van der Waals surface area (Å²) in [6, 6.07) is 0. The molecule has 0 aromatic carbocycles. The molecule has 0 saturated heterocycles. The van der Waals surface area contributed by atoms with Crippen molar-refractivity contribution in [2.75, 3.05) is 26.7 Å². The fourth-order valence-electron chi connectivity index (χ4n) is 1.91. The van der Waals surface area contributed by atoms with Gasteiger partial charge >= 0.3 is 0 Å². The van der Waals surface area contributed by atoms with Gasteiger partial charge in [0.1, 0.15) is 0 Å². The van der Waals surface area contributed by atoms with Crippen LogP contribution >= 0.6 is 15.8 Å². The summed E-state index contributed by atoms with van der Waals surface area (Å²) in [5.74, 6) is 0. The molecule has 0 rings (SSSR count). The maximum absolute atomic E-state index is 2.44. The van der Waals surface area contributed by atoms with Crippen LogP contribution in [-0.4, -0.2) is 31.6 Å². The Morgan fingerprint density at radius 1 is 0.818 bits per heavy atom. The lowest BCUT2D eigenvalue weighted by molar-refractivity contribution is 0.718. The van der Waals surface area contributed by atoms with E-state index in [4.69, 9.17) is 0 Å². The van der Waals surface area contributed by atoms with Gasteiger partial charge in [0.25, 0.3) is 0 Å². The third-order valence-electron chi connectivity index (χ3n) is 2.80. The van der Waals surface area contributed by atoms with E-state index in [0.717, 1.165) is 0 Å². The number of hydrogen-bond acceptors (Lipinski definition) is 0. The molecular formula is C9H22P2. The molecule has 0 aliphatic heterocycles. The standard InChI is InChI=1S/C9H22P2/c1-7-9(8-2,10(3)4)11(5)6/h7-8H2,1-6H3. The highest BCUT2D eigenvalue weighted by Crippen LogP contribution is 2.64. The molecule has 11 heavy (non-hydrogen) atoms. The van der Waals surface area contributed by atoms with E-state index in [1.165, 1.54) is 12.8 Å². The van der Waals surface area contributed by atoms with Crippen molar-refractivity contribution in [3.63, 3.8) is 0 Å². The van der Waals surface area contributed by atoms with Gasteiger partial charge in [-0.25, -0.2) is 0 Å². The van der Waals surface area contributed by atoms with Crippen LogP contribution in [0.1, 0.15) is 26.7 Å². The Hall–Kier alpha value is 0.860. The fraction of sp³-hybridized carbons (Fsp3) is 1.00. The minimum atomic E-state index is 0.241. The summed E-state index contributed by atoms with van der Waals surface area (Å²) in [4.78, 5) is 0.713. The molecule has 0 amide bonds. The topological polar surface area (TPSA) is 0 Å². The molecule has 0 N–H and O–H groups in total. The van der Waals surface area contributed by atoms with Crippen LogP contribution < -0.4 is 0 Å². The van der Waals surface area contributed by atoms with E-state index >= 15 is 0 Å². The Labute approximate surface area is 74.7 Å². The fourth-order valence-corrected chi connectivity index (χ4v) is 7.64. The van der Waals surface area contributed by atoms with E-state index in [1.807, 2.05) is 0 Å². The first-order valence-electron chi connectivity index (χ1n) is 4.36. The predicted octanol–water partition coefficient (Wildman–Crippen LogP) is 3.99. The van der Waals surface area contributed by atoms with Crippen molar-refractivity contribution in [3.05, 3.63) is 0 Å². The zero-order valence-corrected chi connectivity index (χ0v) is 10.6. The summed E-state index contributed by atoms with van der Waals surface area (Å²) >= 11 is 0. The zero-order chi connectivity index (χ0) is 9.07. The molecular weight excluding hydrogens is 170 g/mol.